The second kappa shape index (κ2) is 10.6. The third-order valence-corrected chi connectivity index (χ3v) is 7.11. The first-order chi connectivity index (χ1) is 15.3. The molecule has 2 aromatic rings. The lowest BCUT2D eigenvalue weighted by atomic mass is 9.96. The van der Waals surface area contributed by atoms with Gasteiger partial charge in [-0.05, 0) is 61.6 Å². The van der Waals surface area contributed by atoms with Crippen LogP contribution in [0.3, 0.4) is 0 Å². The van der Waals surface area contributed by atoms with Crippen LogP contribution >= 0.6 is 0 Å². The number of nitrogens with one attached hydrogen (secondary N) is 1. The van der Waals surface area contributed by atoms with Crippen LogP contribution in [0.15, 0.2) is 53.4 Å². The van der Waals surface area contributed by atoms with Gasteiger partial charge in [0.15, 0.2) is 0 Å². The predicted octanol–water partition coefficient (Wildman–Crippen LogP) is 3.86. The van der Waals surface area contributed by atoms with E-state index in [4.69, 9.17) is 4.74 Å². The zero-order valence-corrected chi connectivity index (χ0v) is 19.4. The summed E-state index contributed by atoms with van der Waals surface area (Å²) in [4.78, 5) is 26.3. The van der Waals surface area contributed by atoms with Crippen LogP contribution in [0.1, 0.15) is 48.5 Å². The van der Waals surface area contributed by atoms with Crippen molar-refractivity contribution in [2.75, 3.05) is 24.9 Å². The third kappa shape index (κ3) is 5.88. The molecule has 1 amide bonds. The van der Waals surface area contributed by atoms with E-state index >= 15 is 0 Å². The van der Waals surface area contributed by atoms with E-state index in [2.05, 4.69) is 11.6 Å². The molecule has 1 fully saturated rings. The van der Waals surface area contributed by atoms with Crippen LogP contribution in [-0.2, 0) is 26.0 Å². The number of nitrogens with zero attached hydrogens (tertiary/aromatic N) is 1. The molecule has 32 heavy (non-hydrogen) atoms. The fraction of sp³-hybridized carbons (Fsp3) is 0.417. The van der Waals surface area contributed by atoms with Crippen molar-refractivity contribution >= 4 is 27.6 Å². The fourth-order valence-corrected chi connectivity index (χ4v) is 4.90. The average molecular weight is 459 g/mol. The summed E-state index contributed by atoms with van der Waals surface area (Å²) in [6.45, 7) is 2.99. The van der Waals surface area contributed by atoms with E-state index < -0.39 is 10.0 Å². The van der Waals surface area contributed by atoms with Crippen LogP contribution in [-0.4, -0.2) is 45.4 Å². The summed E-state index contributed by atoms with van der Waals surface area (Å²) in [7, 11) is -2.47. The number of rotatable bonds is 8. The summed E-state index contributed by atoms with van der Waals surface area (Å²) >= 11 is 0. The van der Waals surface area contributed by atoms with Gasteiger partial charge in [0.2, 0.25) is 0 Å². The first-order valence-corrected chi connectivity index (χ1v) is 12.4. The lowest BCUT2D eigenvalue weighted by Crippen LogP contribution is -2.40. The van der Waals surface area contributed by atoms with Crippen molar-refractivity contribution < 1.29 is 22.7 Å². The van der Waals surface area contributed by atoms with Gasteiger partial charge < -0.3 is 9.64 Å². The summed E-state index contributed by atoms with van der Waals surface area (Å²) in [5.74, 6) is -0.700. The van der Waals surface area contributed by atoms with Crippen LogP contribution in [0.4, 0.5) is 5.69 Å². The SMILES string of the molecule is CCCCc1ccc(NS(=O)(=O)c2cccc(C(=O)N3CCC(C(=O)OC)CC3)c2)cc1. The molecule has 0 aliphatic carbocycles. The molecule has 1 N–H and O–H groups in total. The number of carbonyl (C=O) groups is 2. The number of benzene rings is 2. The van der Waals surface area contributed by atoms with Gasteiger partial charge in [-0.3, -0.25) is 14.3 Å². The second-order valence-electron chi connectivity index (χ2n) is 8.02. The second-order valence-corrected chi connectivity index (χ2v) is 9.71. The molecule has 0 spiro atoms. The maximum atomic E-state index is 12.9. The highest BCUT2D eigenvalue weighted by atomic mass is 32.2. The smallest absolute Gasteiger partial charge is 0.308 e. The van der Waals surface area contributed by atoms with Crippen molar-refractivity contribution in [1.29, 1.82) is 0 Å². The summed E-state index contributed by atoms with van der Waals surface area (Å²) in [5, 5.41) is 0. The number of piperidine rings is 1. The Bertz CT molecular complexity index is 1040. The molecule has 0 radical (unpaired) electrons. The van der Waals surface area contributed by atoms with E-state index in [9.17, 15) is 18.0 Å². The molecule has 8 heteroatoms. The Morgan fingerprint density at radius 3 is 2.41 bits per heavy atom. The largest absolute Gasteiger partial charge is 0.469 e. The standard InChI is InChI=1S/C24H30N2O5S/c1-3-4-6-18-9-11-21(12-10-18)25-32(29,30)22-8-5-7-20(17-22)23(27)26-15-13-19(14-16-26)24(28)31-2/h5,7-12,17,19,25H,3-4,6,13-16H2,1-2H3. The number of carbonyl (C=O) groups excluding carboxylic acids is 2. The quantitative estimate of drug-likeness (QED) is 0.607. The van der Waals surface area contributed by atoms with Crippen molar-refractivity contribution in [1.82, 2.24) is 4.90 Å². The van der Waals surface area contributed by atoms with Gasteiger partial charge in [0.25, 0.3) is 15.9 Å². The number of esters is 1. The minimum atomic E-state index is -3.84. The number of amides is 1. The average Bonchev–Trinajstić information content (AvgIpc) is 2.82. The van der Waals surface area contributed by atoms with Crippen LogP contribution in [0.2, 0.25) is 0 Å². The maximum Gasteiger partial charge on any atom is 0.308 e. The van der Waals surface area contributed by atoms with Crippen LogP contribution < -0.4 is 4.72 Å². The van der Waals surface area contributed by atoms with E-state index in [1.165, 1.54) is 24.8 Å². The zero-order valence-electron chi connectivity index (χ0n) is 18.5. The van der Waals surface area contributed by atoms with Crippen LogP contribution in [0.5, 0.6) is 0 Å². The Morgan fingerprint density at radius 2 is 1.78 bits per heavy atom. The highest BCUT2D eigenvalue weighted by Gasteiger charge is 2.28. The zero-order chi connectivity index (χ0) is 23.1. The molecule has 1 aliphatic heterocycles. The molecule has 0 bridgehead atoms. The number of unbranched alkanes of at least 4 members (excludes halogenated alkanes) is 1. The monoisotopic (exact) mass is 458 g/mol. The van der Waals surface area contributed by atoms with E-state index in [0.717, 1.165) is 19.3 Å². The number of hydrogen-bond donors (Lipinski definition) is 1. The molecule has 1 heterocycles. The van der Waals surface area contributed by atoms with Crippen LogP contribution in [0.25, 0.3) is 0 Å². The first-order valence-electron chi connectivity index (χ1n) is 10.9. The van der Waals surface area contributed by atoms with Crippen molar-refractivity contribution in [3.05, 3.63) is 59.7 Å². The van der Waals surface area contributed by atoms with Crippen molar-refractivity contribution in [3.63, 3.8) is 0 Å². The van der Waals surface area contributed by atoms with E-state index in [1.54, 1.807) is 29.2 Å². The molecule has 3 rings (SSSR count). The first kappa shape index (κ1) is 23.8. The summed E-state index contributed by atoms with van der Waals surface area (Å²) in [6.07, 6.45) is 4.22. The van der Waals surface area contributed by atoms with E-state index in [1.807, 2.05) is 12.1 Å². The molecule has 1 aliphatic rings. The number of aryl methyl sites for hydroxylation is 1. The molecule has 0 saturated carbocycles. The highest BCUT2D eigenvalue weighted by molar-refractivity contribution is 7.92. The van der Waals surface area contributed by atoms with Gasteiger partial charge in [-0.1, -0.05) is 31.5 Å². The van der Waals surface area contributed by atoms with E-state index in [0.29, 0.717) is 37.2 Å². The van der Waals surface area contributed by atoms with Gasteiger partial charge in [-0.25, -0.2) is 8.42 Å². The number of sulfonamides is 1. The molecular formula is C24H30N2O5S. The Labute approximate surface area is 189 Å². The van der Waals surface area contributed by atoms with Crippen molar-refractivity contribution in [2.24, 2.45) is 5.92 Å². The number of likely N-dealkylation sites (tertiary alicyclic amines) is 1. The number of ether oxygens (including phenoxy) is 1. The van der Waals surface area contributed by atoms with Gasteiger partial charge in [0.05, 0.1) is 17.9 Å². The Kier molecular flexibility index (Phi) is 7.90. The molecule has 0 atom stereocenters. The normalized spacial score (nSPS) is 14.8. The van der Waals surface area contributed by atoms with Gasteiger partial charge >= 0.3 is 5.97 Å². The molecule has 0 aromatic heterocycles. The van der Waals surface area contributed by atoms with Gasteiger partial charge in [-0.2, -0.15) is 0 Å². The van der Waals surface area contributed by atoms with Crippen molar-refractivity contribution in [3.8, 4) is 0 Å². The summed E-state index contributed by atoms with van der Waals surface area (Å²) in [6, 6.07) is 13.4. The molecule has 1 saturated heterocycles. The number of anilines is 1. The molecule has 172 valence electrons. The van der Waals surface area contributed by atoms with Crippen LogP contribution in [0, 0.1) is 5.92 Å². The maximum absolute atomic E-state index is 12.9. The predicted molar refractivity (Wildman–Crippen MR) is 123 cm³/mol. The molecule has 2 aromatic carbocycles. The molecule has 7 nitrogen and oxygen atoms in total. The summed E-state index contributed by atoms with van der Waals surface area (Å²) < 4.78 is 33.1. The Balaban J connectivity index is 1.68. The minimum Gasteiger partial charge on any atom is -0.469 e. The summed E-state index contributed by atoms with van der Waals surface area (Å²) in [5.41, 5.74) is 1.95. The lowest BCUT2D eigenvalue weighted by molar-refractivity contribution is -0.146. The highest BCUT2D eigenvalue weighted by Crippen LogP contribution is 2.22. The third-order valence-electron chi connectivity index (χ3n) is 5.73. The van der Waals surface area contributed by atoms with Gasteiger partial charge in [0, 0.05) is 24.3 Å². The number of hydrogen-bond acceptors (Lipinski definition) is 5. The number of methoxy groups -OCH3 is 1. The fourth-order valence-electron chi connectivity index (χ4n) is 3.80. The Hall–Kier alpha value is -2.87. The van der Waals surface area contributed by atoms with E-state index in [-0.39, 0.29) is 22.7 Å². The Morgan fingerprint density at radius 1 is 1.09 bits per heavy atom. The lowest BCUT2D eigenvalue weighted by Gasteiger charge is -2.30. The molecular weight excluding hydrogens is 428 g/mol. The topological polar surface area (TPSA) is 92.8 Å². The molecule has 0 unspecified atom stereocenters. The van der Waals surface area contributed by atoms with Crippen molar-refractivity contribution in [2.45, 2.75) is 43.9 Å². The van der Waals surface area contributed by atoms with Gasteiger partial charge in [-0.15, -0.1) is 0 Å². The minimum absolute atomic E-state index is 0.0304. The van der Waals surface area contributed by atoms with Gasteiger partial charge in [0.1, 0.15) is 0 Å².